The molecule has 0 heterocycles. The molecule has 0 rings (SSSR count). The van der Waals surface area contributed by atoms with Crippen LogP contribution in [0.2, 0.25) is 0 Å². The maximum absolute atomic E-state index is 4.36. The first-order chi connectivity index (χ1) is 2.00. The van der Waals surface area contributed by atoms with Gasteiger partial charge in [0.2, 0.25) is 0 Å². The molecule has 0 spiro atoms. The normalized spacial score (nSPS) is 14.4. The fraction of sp³-hybridized carbons (Fsp3) is 0. The van der Waals surface area contributed by atoms with Crippen molar-refractivity contribution >= 4 is 42.6 Å². The van der Waals surface area contributed by atoms with Crippen molar-refractivity contribution in [3.63, 3.8) is 0 Å². The molecule has 0 aromatic rings. The fourth-order valence-corrected chi connectivity index (χ4v) is 0. The van der Waals surface area contributed by atoms with Crippen molar-refractivity contribution in [3.05, 3.63) is 0 Å². The third kappa shape index (κ3) is 32.4. The van der Waals surface area contributed by atoms with Gasteiger partial charge in [-0.3, -0.25) is 0 Å². The Bertz CT molecular complexity index is 155. The number of hydrogen-bond donors (Lipinski definition) is 0. The van der Waals surface area contributed by atoms with Crippen LogP contribution in [0.5, 0.6) is 0 Å². The Morgan fingerprint density at radius 3 is 0.800 bits per heavy atom. The van der Waals surface area contributed by atoms with Crippen molar-refractivity contribution in [1.29, 1.82) is 0 Å². The van der Waals surface area contributed by atoms with Gasteiger partial charge in [-0.2, -0.15) is 0 Å². The minimum absolute atomic E-state index is 1.92. The molecule has 0 unspecified atom stereocenters. The Balaban J connectivity index is 6.05. The van der Waals surface area contributed by atoms with Crippen LogP contribution < -0.4 is 0 Å². The molecule has 34 valence electrons. The Morgan fingerprint density at radius 2 is 0.800 bits per heavy atom. The van der Waals surface area contributed by atoms with E-state index in [1.54, 1.807) is 0 Å². The van der Waals surface area contributed by atoms with E-state index in [0.29, 0.717) is 0 Å². The fourth-order valence-electron chi connectivity index (χ4n) is 0. The molecule has 0 nitrogen and oxygen atoms in total. The third-order valence-corrected chi connectivity index (χ3v) is 0. The summed E-state index contributed by atoms with van der Waals surface area (Å²) in [5, 5.41) is 0. The average Bonchev–Trinajstić information content (AvgIpc) is 0.722. The molecule has 0 atom stereocenters. The van der Waals surface area contributed by atoms with Gasteiger partial charge in [0.1, 0.15) is 0 Å². The van der Waals surface area contributed by atoms with E-state index in [1.807, 2.05) is 0 Å². The Kier molecular flexibility index (Phi) is 2.41. The average molecular weight is 187 g/mol. The van der Waals surface area contributed by atoms with Gasteiger partial charge in [-0.25, -0.2) is 0 Å². The van der Waals surface area contributed by atoms with Gasteiger partial charge in [0.05, 0.1) is 0 Å². The van der Waals surface area contributed by atoms with Crippen LogP contribution in [0.25, 0.3) is 0 Å². The molecule has 0 N–H and O–H groups in total. The van der Waals surface area contributed by atoms with Gasteiger partial charge < -0.3 is 0 Å². The summed E-state index contributed by atoms with van der Waals surface area (Å²) in [7, 11) is 17.5. The van der Waals surface area contributed by atoms with E-state index in [2.05, 4.69) is 42.6 Å². The minimum atomic E-state index is -1.92. The molecule has 0 saturated carbocycles. The summed E-state index contributed by atoms with van der Waals surface area (Å²) in [4.78, 5) is 0. The summed E-state index contributed by atoms with van der Waals surface area (Å²) in [6.45, 7) is 0. The predicted molar refractivity (Wildman–Crippen MR) is 30.4 cm³/mol. The summed E-state index contributed by atoms with van der Waals surface area (Å²) < 4.78 is 0. The van der Waals surface area contributed by atoms with Gasteiger partial charge in [-0.15, -0.1) is 0 Å². The molecule has 0 aromatic carbocycles. The molecule has 0 aliphatic rings. The Morgan fingerprint density at radius 1 is 0.800 bits per heavy atom. The van der Waals surface area contributed by atoms with E-state index >= 15 is 0 Å². The second-order valence-electron chi connectivity index (χ2n) is 0.316. The molecule has 0 aliphatic carbocycles. The molecule has 0 amide bonds. The van der Waals surface area contributed by atoms with Gasteiger partial charge in [-0.05, 0) is 0 Å². The van der Waals surface area contributed by atoms with E-state index < -0.39 is 5.98 Å². The van der Waals surface area contributed by atoms with E-state index in [-0.39, 0.29) is 0 Å². The van der Waals surface area contributed by atoms with Gasteiger partial charge in [-0.1, -0.05) is 0 Å². The molecule has 5 heteroatoms. The van der Waals surface area contributed by atoms with Crippen LogP contribution in [0.3, 0.4) is 0 Å². The maximum atomic E-state index is 4.36. The molecule has 5 heavy (non-hydrogen) atoms. The van der Waals surface area contributed by atoms with Crippen LogP contribution in [-0.2, 0) is 5.98 Å². The Hall–Kier alpha value is 1.37. The van der Waals surface area contributed by atoms with Crippen molar-refractivity contribution in [3.8, 4) is 0 Å². The van der Waals surface area contributed by atoms with Crippen molar-refractivity contribution < 1.29 is 5.98 Å². The molecule has 0 aliphatic heterocycles. The van der Waals surface area contributed by atoms with Gasteiger partial charge in [0.15, 0.2) is 0 Å². The molecule has 0 saturated heterocycles. The summed E-state index contributed by atoms with van der Waals surface area (Å²) in [6, 6.07) is 0. The summed E-state index contributed by atoms with van der Waals surface area (Å²) in [5.41, 5.74) is 0. The topological polar surface area (TPSA) is 0 Å². The second-order valence-corrected chi connectivity index (χ2v) is 11.7. The molecule has 0 bridgehead atoms. The molecular weight excluding hydrogens is 187 g/mol. The zero-order valence-electron chi connectivity index (χ0n) is 1.95. The van der Waals surface area contributed by atoms with Crippen LogP contribution >= 0.6 is 42.6 Å². The predicted octanol–water partition coefficient (Wildman–Crippen LogP) is 2.59. The molecule has 0 fully saturated rings. The monoisotopic (exact) mass is 186 g/mol. The van der Waals surface area contributed by atoms with Crippen LogP contribution in [0, 0.1) is 0 Å². The molecule has 0 aromatic heterocycles. The zero-order chi connectivity index (χ0) is 4.50. The van der Waals surface area contributed by atoms with E-state index in [9.17, 15) is 0 Å². The van der Waals surface area contributed by atoms with Crippen molar-refractivity contribution in [2.24, 2.45) is 0 Å². The first-order valence-electron chi connectivity index (χ1n) is 0.516. The summed E-state index contributed by atoms with van der Waals surface area (Å²) in [6.07, 6.45) is 0. The molecule has 0 radical (unpaired) electrons. The number of rotatable bonds is 0. The van der Waals surface area contributed by atoms with E-state index in [1.165, 1.54) is 0 Å². The quantitative estimate of drug-likeness (QED) is 0.534. The van der Waals surface area contributed by atoms with Crippen molar-refractivity contribution in [2.75, 3.05) is 0 Å². The Labute approximate surface area is 48.3 Å². The third-order valence-electron chi connectivity index (χ3n) is 0. The first kappa shape index (κ1) is 6.37. The molecular formula is NiS4. The second kappa shape index (κ2) is 1.89. The summed E-state index contributed by atoms with van der Waals surface area (Å²) >= 11 is 0. The van der Waals surface area contributed by atoms with Crippen LogP contribution in [0.4, 0.5) is 0 Å². The SMILES string of the molecule is [S]=[Ni](=[S])(=[S])=[S]. The van der Waals surface area contributed by atoms with E-state index in [0.717, 1.165) is 0 Å². The van der Waals surface area contributed by atoms with Gasteiger partial charge in [0, 0.05) is 0 Å². The van der Waals surface area contributed by atoms with Crippen LogP contribution in [0.15, 0.2) is 0 Å². The van der Waals surface area contributed by atoms with Crippen molar-refractivity contribution in [1.82, 2.24) is 0 Å². The number of hydrogen-bond acceptors (Lipinski definition) is 4. The van der Waals surface area contributed by atoms with Crippen molar-refractivity contribution in [2.45, 2.75) is 0 Å². The zero-order valence-corrected chi connectivity index (χ0v) is 6.20. The van der Waals surface area contributed by atoms with Crippen LogP contribution in [-0.4, -0.2) is 0 Å². The standard InChI is InChI=1S/Ni.4S. The first-order valence-corrected chi connectivity index (χ1v) is 6.39. The van der Waals surface area contributed by atoms with E-state index in [4.69, 9.17) is 0 Å². The van der Waals surface area contributed by atoms with Gasteiger partial charge >= 0.3 is 48.6 Å². The van der Waals surface area contributed by atoms with Gasteiger partial charge in [0.25, 0.3) is 0 Å². The van der Waals surface area contributed by atoms with Crippen LogP contribution in [0.1, 0.15) is 0 Å². The summed E-state index contributed by atoms with van der Waals surface area (Å²) in [5.74, 6) is -1.92.